The fourth-order valence-electron chi connectivity index (χ4n) is 4.84. The van der Waals surface area contributed by atoms with Gasteiger partial charge in [-0.1, -0.05) is 19.3 Å². The highest BCUT2D eigenvalue weighted by atomic mass is 16.1. The minimum atomic E-state index is 0.0265. The molecule has 3 aromatic rings. The van der Waals surface area contributed by atoms with E-state index in [-0.39, 0.29) is 11.6 Å². The maximum atomic E-state index is 12.7. The molecule has 7 heteroatoms. The molecule has 31 heavy (non-hydrogen) atoms. The number of fused-ring (bicyclic) bond motifs is 1. The predicted molar refractivity (Wildman–Crippen MR) is 125 cm³/mol. The third kappa shape index (κ3) is 4.28. The van der Waals surface area contributed by atoms with Crippen molar-refractivity contribution in [3.05, 3.63) is 52.9 Å². The van der Waals surface area contributed by atoms with Gasteiger partial charge in [-0.05, 0) is 50.1 Å². The van der Waals surface area contributed by atoms with Crippen LogP contribution in [0.2, 0.25) is 0 Å². The van der Waals surface area contributed by atoms with Crippen LogP contribution in [-0.2, 0) is 0 Å². The number of benzene rings is 1. The quantitative estimate of drug-likeness (QED) is 0.671. The van der Waals surface area contributed by atoms with Crippen LogP contribution in [-0.4, -0.2) is 40.2 Å². The van der Waals surface area contributed by atoms with Crippen LogP contribution in [0.5, 0.6) is 0 Å². The van der Waals surface area contributed by atoms with Crippen molar-refractivity contribution in [1.29, 1.82) is 0 Å². The lowest BCUT2D eigenvalue weighted by molar-refractivity contribution is 0.353. The maximum absolute atomic E-state index is 12.7. The van der Waals surface area contributed by atoms with E-state index in [4.69, 9.17) is 4.98 Å². The van der Waals surface area contributed by atoms with Gasteiger partial charge in [0.15, 0.2) is 0 Å². The number of nitrogens with one attached hydrogen (secondary N) is 2. The molecule has 1 aliphatic heterocycles. The molecule has 0 bridgehead atoms. The molecule has 7 nitrogen and oxygen atoms in total. The van der Waals surface area contributed by atoms with E-state index in [2.05, 4.69) is 51.7 Å². The van der Waals surface area contributed by atoms with Gasteiger partial charge in [0.2, 0.25) is 5.95 Å². The van der Waals surface area contributed by atoms with Gasteiger partial charge in [-0.25, -0.2) is 4.98 Å². The highest BCUT2D eigenvalue weighted by Crippen LogP contribution is 2.29. The summed E-state index contributed by atoms with van der Waals surface area (Å²) < 4.78 is 1.88. The molecule has 1 saturated heterocycles. The van der Waals surface area contributed by atoms with Crippen LogP contribution in [0.15, 0.2) is 47.4 Å². The number of hydrogen-bond donors (Lipinski definition) is 2. The zero-order chi connectivity index (χ0) is 21.2. The normalized spacial score (nSPS) is 20.2. The van der Waals surface area contributed by atoms with Gasteiger partial charge in [0.1, 0.15) is 5.65 Å². The molecule has 2 N–H and O–H groups in total. The Kier molecular flexibility index (Phi) is 5.59. The summed E-state index contributed by atoms with van der Waals surface area (Å²) in [5, 5.41) is 7.70. The zero-order valence-electron chi connectivity index (χ0n) is 18.1. The van der Waals surface area contributed by atoms with E-state index in [0.717, 1.165) is 49.2 Å². The molecule has 0 amide bonds. The van der Waals surface area contributed by atoms with E-state index >= 15 is 0 Å². The van der Waals surface area contributed by atoms with E-state index in [1.165, 1.54) is 24.9 Å². The molecule has 0 radical (unpaired) electrons. The first-order chi connectivity index (χ1) is 15.2. The van der Waals surface area contributed by atoms with E-state index in [9.17, 15) is 4.79 Å². The Morgan fingerprint density at radius 3 is 2.65 bits per heavy atom. The average molecular weight is 419 g/mol. The van der Waals surface area contributed by atoms with Crippen LogP contribution < -0.4 is 21.1 Å². The van der Waals surface area contributed by atoms with Crippen LogP contribution in [0.4, 0.5) is 17.3 Å². The molecule has 0 spiro atoms. The number of rotatable bonds is 4. The molecule has 2 fully saturated rings. The first-order valence-electron chi connectivity index (χ1n) is 11.4. The zero-order valence-corrected chi connectivity index (χ0v) is 18.1. The minimum Gasteiger partial charge on any atom is -0.369 e. The second-order valence-corrected chi connectivity index (χ2v) is 8.78. The summed E-state index contributed by atoms with van der Waals surface area (Å²) in [7, 11) is 0. The van der Waals surface area contributed by atoms with Crippen LogP contribution in [0.1, 0.15) is 45.1 Å². The third-order valence-electron chi connectivity index (χ3n) is 6.46. The Morgan fingerprint density at radius 1 is 1.06 bits per heavy atom. The van der Waals surface area contributed by atoms with E-state index < -0.39 is 0 Å². The topological polar surface area (TPSA) is 75.1 Å². The van der Waals surface area contributed by atoms with Crippen molar-refractivity contribution in [2.75, 3.05) is 29.9 Å². The van der Waals surface area contributed by atoms with E-state index in [1.54, 1.807) is 12.3 Å². The fourth-order valence-corrected chi connectivity index (χ4v) is 4.84. The third-order valence-corrected chi connectivity index (χ3v) is 6.46. The second-order valence-electron chi connectivity index (χ2n) is 8.78. The molecule has 1 saturated carbocycles. The van der Waals surface area contributed by atoms with Crippen molar-refractivity contribution < 1.29 is 0 Å². The Hall–Kier alpha value is -2.93. The lowest BCUT2D eigenvalue weighted by atomic mass is 9.95. The minimum absolute atomic E-state index is 0.0265. The van der Waals surface area contributed by atoms with Crippen molar-refractivity contribution in [2.24, 2.45) is 0 Å². The van der Waals surface area contributed by atoms with Gasteiger partial charge < -0.3 is 15.5 Å². The van der Waals surface area contributed by atoms with Gasteiger partial charge in [0.05, 0.1) is 0 Å². The van der Waals surface area contributed by atoms with Gasteiger partial charge in [-0.3, -0.25) is 9.36 Å². The first-order valence-corrected chi connectivity index (χ1v) is 11.4. The predicted octanol–water partition coefficient (Wildman–Crippen LogP) is 3.84. The van der Waals surface area contributed by atoms with Crippen molar-refractivity contribution in [1.82, 2.24) is 19.9 Å². The van der Waals surface area contributed by atoms with Gasteiger partial charge in [0, 0.05) is 60.7 Å². The van der Waals surface area contributed by atoms with Crippen LogP contribution >= 0.6 is 0 Å². The summed E-state index contributed by atoms with van der Waals surface area (Å²) in [6, 6.07) is 12.6. The van der Waals surface area contributed by atoms with Gasteiger partial charge in [0.25, 0.3) is 5.56 Å². The first kappa shape index (κ1) is 20.0. The van der Waals surface area contributed by atoms with Crippen LogP contribution in [0.3, 0.4) is 0 Å². The lowest BCUT2D eigenvalue weighted by Crippen LogP contribution is -2.49. The molecule has 3 heterocycles. The molecule has 2 aliphatic rings. The summed E-state index contributed by atoms with van der Waals surface area (Å²) in [5.41, 5.74) is 2.92. The number of anilines is 3. The lowest BCUT2D eigenvalue weighted by Gasteiger charge is -2.33. The molecule has 2 aromatic heterocycles. The molecule has 1 unspecified atom stereocenters. The smallest absolute Gasteiger partial charge is 0.252 e. The monoisotopic (exact) mass is 418 g/mol. The van der Waals surface area contributed by atoms with Crippen molar-refractivity contribution in [3.63, 3.8) is 0 Å². The van der Waals surface area contributed by atoms with Crippen molar-refractivity contribution in [3.8, 4) is 0 Å². The molecule has 5 rings (SSSR count). The standard InChI is InChI=1S/C24H30N6O/c1-17-16-29(14-13-25-17)20-10-8-19(9-11-20)27-24-26-15-18-7-12-22(31)30(23(18)28-24)21-5-3-2-4-6-21/h7-12,15,17,21,25H,2-6,13-14,16H2,1H3,(H,26,27,28). The Labute approximate surface area is 182 Å². The van der Waals surface area contributed by atoms with Gasteiger partial charge in [-0.15, -0.1) is 0 Å². The second kappa shape index (κ2) is 8.67. The molecule has 1 aromatic carbocycles. The molecule has 162 valence electrons. The summed E-state index contributed by atoms with van der Waals surface area (Å²) in [6.45, 7) is 5.25. The molecule has 1 atom stereocenters. The summed E-state index contributed by atoms with van der Waals surface area (Å²) >= 11 is 0. The van der Waals surface area contributed by atoms with Crippen LogP contribution in [0.25, 0.3) is 11.0 Å². The number of aromatic nitrogens is 3. The average Bonchev–Trinajstić information content (AvgIpc) is 2.80. The number of pyridine rings is 1. The largest absolute Gasteiger partial charge is 0.369 e. The number of piperazine rings is 1. The highest BCUT2D eigenvalue weighted by Gasteiger charge is 2.19. The summed E-state index contributed by atoms with van der Waals surface area (Å²) in [5.74, 6) is 0.520. The molecular formula is C24H30N6O. The highest BCUT2D eigenvalue weighted by molar-refractivity contribution is 5.76. The number of nitrogens with zero attached hydrogens (tertiary/aromatic N) is 4. The Bertz CT molecular complexity index is 1100. The molecular weight excluding hydrogens is 388 g/mol. The van der Waals surface area contributed by atoms with Gasteiger partial charge in [-0.2, -0.15) is 4.98 Å². The molecule has 1 aliphatic carbocycles. The van der Waals surface area contributed by atoms with Crippen molar-refractivity contribution in [2.45, 2.75) is 51.1 Å². The Morgan fingerprint density at radius 2 is 1.87 bits per heavy atom. The van der Waals surface area contributed by atoms with Gasteiger partial charge >= 0.3 is 0 Å². The van der Waals surface area contributed by atoms with E-state index in [0.29, 0.717) is 12.0 Å². The number of hydrogen-bond acceptors (Lipinski definition) is 6. The van der Waals surface area contributed by atoms with Crippen molar-refractivity contribution >= 4 is 28.4 Å². The summed E-state index contributed by atoms with van der Waals surface area (Å²) in [4.78, 5) is 24.3. The Balaban J connectivity index is 1.40. The fraction of sp³-hybridized carbons (Fsp3) is 0.458. The SMILES string of the molecule is CC1CN(c2ccc(Nc3ncc4ccc(=O)n(C5CCCCC5)c4n3)cc2)CCN1. The summed E-state index contributed by atoms with van der Waals surface area (Å²) in [6.07, 6.45) is 7.47. The maximum Gasteiger partial charge on any atom is 0.252 e. The van der Waals surface area contributed by atoms with Crippen LogP contribution in [0, 0.1) is 0 Å². The van der Waals surface area contributed by atoms with E-state index in [1.807, 2.05) is 10.6 Å².